The molecule has 4 aliphatic rings. The summed E-state index contributed by atoms with van der Waals surface area (Å²) in [6.45, 7) is 16.1. The largest absolute Gasteiger partial charge is 0.462 e. The molecule has 168 valence electrons. The highest BCUT2D eigenvalue weighted by Gasteiger charge is 2.55. The molecule has 0 aromatic heterocycles. The van der Waals surface area contributed by atoms with Crippen molar-refractivity contribution in [3.05, 3.63) is 41.5 Å². The number of aryl methyl sites for hydroxylation is 2. The lowest BCUT2D eigenvalue weighted by molar-refractivity contribution is -0.146. The van der Waals surface area contributed by atoms with Gasteiger partial charge in [-0.15, -0.1) is 0 Å². The molecule has 5 atom stereocenters. The van der Waals surface area contributed by atoms with E-state index >= 15 is 0 Å². The van der Waals surface area contributed by atoms with Crippen LogP contribution in [0.3, 0.4) is 0 Å². The van der Waals surface area contributed by atoms with Crippen LogP contribution in [-0.2, 0) is 9.53 Å². The third kappa shape index (κ3) is 3.82. The van der Waals surface area contributed by atoms with Gasteiger partial charge in [0.25, 0.3) is 0 Å². The lowest BCUT2D eigenvalue weighted by Crippen LogP contribution is -2.50. The fourth-order valence-corrected chi connectivity index (χ4v) is 6.97. The Morgan fingerprint density at radius 1 is 1.19 bits per heavy atom. The van der Waals surface area contributed by atoms with Gasteiger partial charge in [-0.2, -0.15) is 0 Å². The molecule has 4 heteroatoms. The molecule has 2 aliphatic heterocycles. The number of rotatable bonds is 3. The average molecular weight is 423 g/mol. The molecule has 31 heavy (non-hydrogen) atoms. The van der Waals surface area contributed by atoms with Crippen LogP contribution in [-0.4, -0.2) is 49.7 Å². The topological polar surface area (TPSA) is 32.8 Å². The normalized spacial score (nSPS) is 36.2. The molecule has 0 N–H and O–H groups in total. The number of nitrogens with zero attached hydrogens (tertiary/aromatic N) is 2. The summed E-state index contributed by atoms with van der Waals surface area (Å²) >= 11 is 0. The molecule has 5 rings (SSSR count). The van der Waals surface area contributed by atoms with E-state index in [0.717, 1.165) is 52.0 Å². The van der Waals surface area contributed by atoms with E-state index in [2.05, 4.69) is 55.3 Å². The van der Waals surface area contributed by atoms with Crippen LogP contribution < -0.4 is 4.90 Å². The van der Waals surface area contributed by atoms with E-state index in [1.54, 1.807) is 0 Å². The van der Waals surface area contributed by atoms with E-state index in [4.69, 9.17) is 4.74 Å². The summed E-state index contributed by atoms with van der Waals surface area (Å²) in [5.74, 6) is 1.04. The SMILES string of the molecule is C=C1CCC[C@@]2(C)C[C@@H]3OC(=O)[C@@H](CN4CCN(c5cc(C)ccc5C)CC4)[C@H]3C[C@H]12. The number of hydrogen-bond acceptors (Lipinski definition) is 4. The Bertz CT molecular complexity index is 872. The second kappa shape index (κ2) is 7.95. The van der Waals surface area contributed by atoms with Crippen LogP contribution in [0.4, 0.5) is 5.69 Å². The molecule has 0 spiro atoms. The lowest BCUT2D eigenvalue weighted by atomic mass is 9.55. The van der Waals surface area contributed by atoms with E-state index in [9.17, 15) is 4.79 Å². The van der Waals surface area contributed by atoms with Gasteiger partial charge in [-0.1, -0.05) is 31.2 Å². The molecule has 2 saturated carbocycles. The number of ether oxygens (including phenoxy) is 1. The second-order valence-electron chi connectivity index (χ2n) is 11.0. The van der Waals surface area contributed by atoms with Gasteiger partial charge in [0, 0.05) is 44.3 Å². The third-order valence-corrected chi connectivity index (χ3v) is 8.85. The van der Waals surface area contributed by atoms with Crippen LogP contribution in [0.25, 0.3) is 0 Å². The van der Waals surface area contributed by atoms with Crippen LogP contribution in [0, 0.1) is 37.0 Å². The van der Waals surface area contributed by atoms with Gasteiger partial charge >= 0.3 is 5.97 Å². The van der Waals surface area contributed by atoms with Gasteiger partial charge in [0.05, 0.1) is 5.92 Å². The highest BCUT2D eigenvalue weighted by Crippen LogP contribution is 2.56. The van der Waals surface area contributed by atoms with Crippen molar-refractivity contribution in [3.8, 4) is 0 Å². The molecule has 0 unspecified atom stereocenters. The van der Waals surface area contributed by atoms with Gasteiger partial charge in [-0.25, -0.2) is 0 Å². The van der Waals surface area contributed by atoms with Gasteiger partial charge in [0.1, 0.15) is 6.10 Å². The van der Waals surface area contributed by atoms with E-state index < -0.39 is 0 Å². The third-order valence-electron chi connectivity index (χ3n) is 8.85. The number of benzene rings is 1. The Morgan fingerprint density at radius 2 is 1.97 bits per heavy atom. The van der Waals surface area contributed by atoms with E-state index in [1.807, 2.05) is 0 Å². The van der Waals surface area contributed by atoms with Gasteiger partial charge < -0.3 is 9.64 Å². The standard InChI is InChI=1S/C27H38N2O2/c1-18-7-8-20(3)24(14-18)29-12-10-28(11-13-29)17-22-21-15-23-19(2)6-5-9-27(23,4)16-25(21)31-26(22)30/h7-8,14,21-23,25H,2,5-6,9-13,15-17H2,1,3-4H3/t21-,22+,23-,25+,27+/m1/s1. The zero-order valence-corrected chi connectivity index (χ0v) is 19.5. The first kappa shape index (κ1) is 21.1. The Labute approximate surface area is 187 Å². The van der Waals surface area contributed by atoms with Gasteiger partial charge in [-0.3, -0.25) is 9.69 Å². The fraction of sp³-hybridized carbons (Fsp3) is 0.667. The number of anilines is 1. The summed E-state index contributed by atoms with van der Waals surface area (Å²) < 4.78 is 5.98. The number of allylic oxidation sites excluding steroid dienone is 1. The molecule has 1 aromatic rings. The predicted octanol–water partition coefficient (Wildman–Crippen LogP) is 4.74. The fourth-order valence-electron chi connectivity index (χ4n) is 6.97. The molecule has 0 radical (unpaired) electrons. The first-order valence-electron chi connectivity index (χ1n) is 12.3. The minimum absolute atomic E-state index is 0.0385. The molecule has 1 aromatic carbocycles. The first-order chi connectivity index (χ1) is 14.8. The van der Waals surface area contributed by atoms with E-state index in [-0.39, 0.29) is 23.4 Å². The van der Waals surface area contributed by atoms with Crippen molar-refractivity contribution in [2.75, 3.05) is 37.6 Å². The maximum atomic E-state index is 12.9. The quantitative estimate of drug-likeness (QED) is 0.520. The van der Waals surface area contributed by atoms with Crippen molar-refractivity contribution < 1.29 is 9.53 Å². The van der Waals surface area contributed by atoms with Crippen LogP contribution >= 0.6 is 0 Å². The number of hydrogen-bond donors (Lipinski definition) is 0. The molecule has 0 amide bonds. The number of carbonyl (C=O) groups is 1. The zero-order chi connectivity index (χ0) is 21.8. The molecular formula is C27H38N2O2. The maximum absolute atomic E-state index is 12.9. The average Bonchev–Trinajstić information content (AvgIpc) is 3.02. The molecule has 0 bridgehead atoms. The van der Waals surface area contributed by atoms with Gasteiger partial charge in [0.15, 0.2) is 0 Å². The molecule has 2 heterocycles. The first-order valence-corrected chi connectivity index (χ1v) is 12.3. The van der Waals surface area contributed by atoms with Crippen LogP contribution in [0.2, 0.25) is 0 Å². The van der Waals surface area contributed by atoms with Crippen LogP contribution in [0.1, 0.15) is 50.2 Å². The number of carbonyl (C=O) groups excluding carboxylic acids is 1. The molecule has 4 nitrogen and oxygen atoms in total. The van der Waals surface area contributed by atoms with Crippen molar-refractivity contribution in [1.82, 2.24) is 4.90 Å². The molecule has 2 saturated heterocycles. The monoisotopic (exact) mass is 422 g/mol. The summed E-state index contributed by atoms with van der Waals surface area (Å²) in [5.41, 5.74) is 5.73. The lowest BCUT2D eigenvalue weighted by Gasteiger charge is -2.50. The smallest absolute Gasteiger partial charge is 0.310 e. The van der Waals surface area contributed by atoms with E-state index in [0.29, 0.717) is 11.8 Å². The zero-order valence-electron chi connectivity index (χ0n) is 19.5. The predicted molar refractivity (Wildman–Crippen MR) is 125 cm³/mol. The van der Waals surface area contributed by atoms with Gasteiger partial charge in [0.2, 0.25) is 0 Å². The van der Waals surface area contributed by atoms with Gasteiger partial charge in [-0.05, 0) is 74.5 Å². The van der Waals surface area contributed by atoms with Crippen molar-refractivity contribution >= 4 is 11.7 Å². The number of esters is 1. The molecule has 4 fully saturated rings. The van der Waals surface area contributed by atoms with E-state index in [1.165, 1.54) is 35.2 Å². The van der Waals surface area contributed by atoms with Crippen molar-refractivity contribution in [1.29, 1.82) is 0 Å². The van der Waals surface area contributed by atoms with Crippen LogP contribution in [0.15, 0.2) is 30.4 Å². The summed E-state index contributed by atoms with van der Waals surface area (Å²) in [6, 6.07) is 6.72. The maximum Gasteiger partial charge on any atom is 0.310 e. The van der Waals surface area contributed by atoms with Crippen molar-refractivity contribution in [2.24, 2.45) is 23.2 Å². The number of piperazine rings is 1. The Balaban J connectivity index is 1.23. The van der Waals surface area contributed by atoms with Crippen molar-refractivity contribution in [3.63, 3.8) is 0 Å². The number of fused-ring (bicyclic) bond motifs is 2. The second-order valence-corrected chi connectivity index (χ2v) is 11.0. The Morgan fingerprint density at radius 3 is 2.74 bits per heavy atom. The summed E-state index contributed by atoms with van der Waals surface area (Å²) in [5, 5.41) is 0. The highest BCUT2D eigenvalue weighted by atomic mass is 16.6. The molecule has 2 aliphatic carbocycles. The highest BCUT2D eigenvalue weighted by molar-refractivity contribution is 5.75. The summed E-state index contributed by atoms with van der Waals surface area (Å²) in [6.07, 6.45) is 5.91. The van der Waals surface area contributed by atoms with Crippen LogP contribution in [0.5, 0.6) is 0 Å². The summed E-state index contributed by atoms with van der Waals surface area (Å²) in [7, 11) is 0. The minimum Gasteiger partial charge on any atom is -0.462 e. The Kier molecular flexibility index (Phi) is 5.40. The molecular weight excluding hydrogens is 384 g/mol. The minimum atomic E-state index is 0.0385. The van der Waals surface area contributed by atoms with Crippen molar-refractivity contribution in [2.45, 2.75) is 59.0 Å². The summed E-state index contributed by atoms with van der Waals surface area (Å²) in [4.78, 5) is 17.9. The Hall–Kier alpha value is -1.81.